The van der Waals surface area contributed by atoms with E-state index in [-0.39, 0.29) is 0 Å². The fourth-order valence-corrected chi connectivity index (χ4v) is 2.85. The van der Waals surface area contributed by atoms with E-state index >= 15 is 0 Å². The van der Waals surface area contributed by atoms with E-state index in [1.807, 2.05) is 11.8 Å². The van der Waals surface area contributed by atoms with Crippen molar-refractivity contribution in [2.45, 2.75) is 59.0 Å². The predicted octanol–water partition coefficient (Wildman–Crippen LogP) is 4.88. The van der Waals surface area contributed by atoms with Gasteiger partial charge in [-0.05, 0) is 49.0 Å². The largest absolute Gasteiger partial charge is 0.494 e. The van der Waals surface area contributed by atoms with Gasteiger partial charge < -0.3 is 10.1 Å². The molecule has 0 radical (unpaired) electrons. The van der Waals surface area contributed by atoms with Crippen LogP contribution in [0.4, 0.5) is 0 Å². The third-order valence-corrected chi connectivity index (χ3v) is 4.43. The maximum atomic E-state index is 5.73. The highest BCUT2D eigenvalue weighted by atomic mass is 32.2. The molecule has 0 heterocycles. The molecule has 0 saturated carbocycles. The number of hydrogen-bond acceptors (Lipinski definition) is 3. The van der Waals surface area contributed by atoms with Crippen molar-refractivity contribution in [2.75, 3.05) is 18.1 Å². The monoisotopic (exact) mass is 309 g/mol. The van der Waals surface area contributed by atoms with Crippen molar-refractivity contribution in [3.8, 4) is 5.75 Å². The zero-order valence-electron chi connectivity index (χ0n) is 13.9. The summed E-state index contributed by atoms with van der Waals surface area (Å²) < 4.78 is 5.73. The Bertz CT molecular complexity index is 353. The zero-order chi connectivity index (χ0) is 15.3. The van der Waals surface area contributed by atoms with Crippen LogP contribution in [0.25, 0.3) is 0 Å². The second kappa shape index (κ2) is 11.9. The molecule has 0 aliphatic rings. The number of benzene rings is 1. The second-order valence-corrected chi connectivity index (χ2v) is 6.86. The average molecular weight is 310 g/mol. The van der Waals surface area contributed by atoms with E-state index in [0.29, 0.717) is 6.04 Å². The summed E-state index contributed by atoms with van der Waals surface area (Å²) in [5.41, 5.74) is 1.32. The van der Waals surface area contributed by atoms with Crippen LogP contribution >= 0.6 is 11.8 Å². The Hall–Kier alpha value is -0.670. The Labute approximate surface area is 135 Å². The molecule has 120 valence electrons. The van der Waals surface area contributed by atoms with Crippen molar-refractivity contribution in [3.05, 3.63) is 29.8 Å². The van der Waals surface area contributed by atoms with Crippen LogP contribution in [0, 0.1) is 0 Å². The van der Waals surface area contributed by atoms with E-state index < -0.39 is 0 Å². The van der Waals surface area contributed by atoms with Gasteiger partial charge in [0.05, 0.1) is 6.61 Å². The molecule has 1 rings (SSSR count). The first-order chi connectivity index (χ1) is 10.3. The van der Waals surface area contributed by atoms with Crippen LogP contribution in [0.5, 0.6) is 5.75 Å². The Balaban J connectivity index is 2.21. The standard InChI is InChI=1S/C18H31NOS/c1-4-6-7-13-20-18-10-8-17(9-11-18)15-19-16(3)12-14-21-5-2/h8-11,16,19H,4-7,12-15H2,1-3H3. The third-order valence-electron chi connectivity index (χ3n) is 3.49. The van der Waals surface area contributed by atoms with Crippen LogP contribution in [0.3, 0.4) is 0 Å². The number of thioether (sulfide) groups is 1. The van der Waals surface area contributed by atoms with E-state index in [2.05, 4.69) is 50.4 Å². The summed E-state index contributed by atoms with van der Waals surface area (Å²) in [6.07, 6.45) is 4.86. The van der Waals surface area contributed by atoms with E-state index in [4.69, 9.17) is 4.74 Å². The molecule has 1 unspecified atom stereocenters. The zero-order valence-corrected chi connectivity index (χ0v) is 14.7. The normalized spacial score (nSPS) is 12.3. The molecule has 1 N–H and O–H groups in total. The minimum Gasteiger partial charge on any atom is -0.494 e. The summed E-state index contributed by atoms with van der Waals surface area (Å²) in [4.78, 5) is 0. The van der Waals surface area contributed by atoms with Crippen molar-refractivity contribution in [2.24, 2.45) is 0 Å². The van der Waals surface area contributed by atoms with Gasteiger partial charge in [0, 0.05) is 12.6 Å². The lowest BCUT2D eigenvalue weighted by atomic mass is 10.2. The highest BCUT2D eigenvalue weighted by Crippen LogP contribution is 2.13. The van der Waals surface area contributed by atoms with E-state index in [9.17, 15) is 0 Å². The molecule has 0 bridgehead atoms. The average Bonchev–Trinajstić information content (AvgIpc) is 2.51. The Morgan fingerprint density at radius 3 is 2.57 bits per heavy atom. The van der Waals surface area contributed by atoms with Crippen molar-refractivity contribution >= 4 is 11.8 Å². The predicted molar refractivity (Wildman–Crippen MR) is 95.4 cm³/mol. The highest BCUT2D eigenvalue weighted by molar-refractivity contribution is 7.99. The number of unbranched alkanes of at least 4 members (excludes halogenated alkanes) is 2. The molecule has 0 saturated heterocycles. The lowest BCUT2D eigenvalue weighted by Gasteiger charge is -2.13. The minimum absolute atomic E-state index is 0.578. The van der Waals surface area contributed by atoms with Gasteiger partial charge in [-0.15, -0.1) is 0 Å². The summed E-state index contributed by atoms with van der Waals surface area (Å²) >= 11 is 2.01. The van der Waals surface area contributed by atoms with Gasteiger partial charge in [0.2, 0.25) is 0 Å². The first-order valence-electron chi connectivity index (χ1n) is 8.29. The van der Waals surface area contributed by atoms with Crippen molar-refractivity contribution in [1.29, 1.82) is 0 Å². The third kappa shape index (κ3) is 9.05. The molecule has 0 aliphatic carbocycles. The van der Waals surface area contributed by atoms with Crippen molar-refractivity contribution in [3.63, 3.8) is 0 Å². The molecule has 0 fully saturated rings. The molecule has 0 spiro atoms. The highest BCUT2D eigenvalue weighted by Gasteiger charge is 2.02. The van der Waals surface area contributed by atoms with Gasteiger partial charge in [0.15, 0.2) is 0 Å². The van der Waals surface area contributed by atoms with Gasteiger partial charge in [-0.25, -0.2) is 0 Å². The van der Waals surface area contributed by atoms with E-state index in [1.165, 1.54) is 36.3 Å². The van der Waals surface area contributed by atoms with Crippen LogP contribution in [-0.2, 0) is 6.54 Å². The first kappa shape index (κ1) is 18.4. The number of ether oxygens (including phenoxy) is 1. The van der Waals surface area contributed by atoms with Crippen LogP contribution in [-0.4, -0.2) is 24.2 Å². The summed E-state index contributed by atoms with van der Waals surface area (Å²) in [5.74, 6) is 3.45. The number of nitrogens with one attached hydrogen (secondary N) is 1. The van der Waals surface area contributed by atoms with Gasteiger partial charge in [-0.3, -0.25) is 0 Å². The number of hydrogen-bond donors (Lipinski definition) is 1. The molecule has 1 aromatic carbocycles. The molecule has 0 aromatic heterocycles. The Morgan fingerprint density at radius 1 is 1.14 bits per heavy atom. The Kier molecular flexibility index (Phi) is 10.4. The summed E-state index contributed by atoms with van der Waals surface area (Å²) in [5, 5.41) is 3.58. The molecule has 21 heavy (non-hydrogen) atoms. The first-order valence-corrected chi connectivity index (χ1v) is 9.44. The van der Waals surface area contributed by atoms with E-state index in [1.54, 1.807) is 0 Å². The SMILES string of the molecule is CCCCCOc1ccc(CNC(C)CCSCC)cc1. The molecule has 1 aromatic rings. The van der Waals surface area contributed by atoms with Crippen molar-refractivity contribution < 1.29 is 4.74 Å². The van der Waals surface area contributed by atoms with E-state index in [0.717, 1.165) is 25.3 Å². The van der Waals surface area contributed by atoms with Crippen LogP contribution < -0.4 is 10.1 Å². The summed E-state index contributed by atoms with van der Waals surface area (Å²) in [6, 6.07) is 9.07. The van der Waals surface area contributed by atoms with Gasteiger partial charge in [-0.1, -0.05) is 38.8 Å². The van der Waals surface area contributed by atoms with Gasteiger partial charge >= 0.3 is 0 Å². The fraction of sp³-hybridized carbons (Fsp3) is 0.667. The maximum Gasteiger partial charge on any atom is 0.119 e. The van der Waals surface area contributed by atoms with Crippen LogP contribution in [0.2, 0.25) is 0 Å². The number of rotatable bonds is 12. The Morgan fingerprint density at radius 2 is 1.90 bits per heavy atom. The molecule has 1 atom stereocenters. The quantitative estimate of drug-likeness (QED) is 0.556. The van der Waals surface area contributed by atoms with Crippen molar-refractivity contribution in [1.82, 2.24) is 5.32 Å². The van der Waals surface area contributed by atoms with Crippen LogP contribution in [0.15, 0.2) is 24.3 Å². The molecule has 0 amide bonds. The molecule has 2 nitrogen and oxygen atoms in total. The summed E-state index contributed by atoms with van der Waals surface area (Å²) in [7, 11) is 0. The molecule has 0 aliphatic heterocycles. The fourth-order valence-electron chi connectivity index (χ4n) is 2.04. The van der Waals surface area contributed by atoms with Gasteiger partial charge in [-0.2, -0.15) is 11.8 Å². The topological polar surface area (TPSA) is 21.3 Å². The summed E-state index contributed by atoms with van der Waals surface area (Å²) in [6.45, 7) is 8.46. The smallest absolute Gasteiger partial charge is 0.119 e. The van der Waals surface area contributed by atoms with Gasteiger partial charge in [0.25, 0.3) is 0 Å². The lowest BCUT2D eigenvalue weighted by molar-refractivity contribution is 0.306. The lowest BCUT2D eigenvalue weighted by Crippen LogP contribution is -2.25. The minimum atomic E-state index is 0.578. The second-order valence-electron chi connectivity index (χ2n) is 5.47. The molecular weight excluding hydrogens is 278 g/mol. The van der Waals surface area contributed by atoms with Gasteiger partial charge in [0.1, 0.15) is 5.75 Å². The van der Waals surface area contributed by atoms with Crippen LogP contribution in [0.1, 0.15) is 52.0 Å². The maximum absolute atomic E-state index is 5.73. The molecular formula is C18H31NOS. The molecule has 3 heteroatoms.